The Hall–Kier alpha value is -3.27. The number of amides is 1. The summed E-state index contributed by atoms with van der Waals surface area (Å²) < 4.78 is 51.7. The molecule has 1 amide bonds. The Morgan fingerprint density at radius 1 is 1.11 bits per heavy atom. The van der Waals surface area contributed by atoms with E-state index in [1.54, 1.807) is 18.2 Å². The molecule has 36 heavy (non-hydrogen) atoms. The lowest BCUT2D eigenvalue weighted by Crippen LogP contribution is -2.38. The van der Waals surface area contributed by atoms with E-state index in [4.69, 9.17) is 4.98 Å². The minimum absolute atomic E-state index is 0.00796. The molecule has 2 bridgehead atoms. The summed E-state index contributed by atoms with van der Waals surface area (Å²) in [6.07, 6.45) is 2.68. The van der Waals surface area contributed by atoms with E-state index in [1.807, 2.05) is 6.07 Å². The fourth-order valence-corrected chi connectivity index (χ4v) is 6.47. The molecule has 0 unspecified atom stereocenters. The average molecular weight is 513 g/mol. The van der Waals surface area contributed by atoms with Crippen LogP contribution in [0.3, 0.4) is 0 Å². The van der Waals surface area contributed by atoms with Crippen molar-refractivity contribution in [2.75, 3.05) is 18.6 Å². The minimum Gasteiger partial charge on any atom is -0.350 e. The summed E-state index contributed by atoms with van der Waals surface area (Å²) in [7, 11) is -3.21. The largest absolute Gasteiger partial charge is 0.350 e. The van der Waals surface area contributed by atoms with Crippen LogP contribution in [0.15, 0.2) is 42.5 Å². The molecule has 188 valence electrons. The first-order chi connectivity index (χ1) is 17.0. The Morgan fingerprint density at radius 2 is 1.81 bits per heavy atom. The van der Waals surface area contributed by atoms with Crippen LogP contribution in [-0.2, 0) is 15.3 Å². The average Bonchev–Trinajstić information content (AvgIpc) is 3.19. The molecule has 5 rings (SSSR count). The molecule has 7 nitrogen and oxygen atoms in total. The number of aromatic nitrogens is 3. The van der Waals surface area contributed by atoms with Gasteiger partial charge in [-0.25, -0.2) is 22.2 Å². The smallest absolute Gasteiger partial charge is 0.269 e. The van der Waals surface area contributed by atoms with E-state index in [0.717, 1.165) is 24.7 Å². The SMILES string of the molecule is CC1(C)[C@H]2CC[C@@]1(c1cccc(C(=O)NCCS(C)(=O)=O)n1)c1nnc(-c3c(F)cccc3F)cc12. The van der Waals surface area contributed by atoms with Gasteiger partial charge in [0.15, 0.2) is 0 Å². The van der Waals surface area contributed by atoms with Crippen LogP contribution >= 0.6 is 0 Å². The zero-order chi connectivity index (χ0) is 25.9. The fraction of sp³-hybridized carbons (Fsp3) is 0.385. The molecule has 1 saturated carbocycles. The van der Waals surface area contributed by atoms with Crippen molar-refractivity contribution >= 4 is 15.7 Å². The third kappa shape index (κ3) is 3.70. The third-order valence-corrected chi connectivity index (χ3v) is 8.72. The van der Waals surface area contributed by atoms with E-state index in [-0.39, 0.29) is 40.6 Å². The van der Waals surface area contributed by atoms with Gasteiger partial charge in [-0.3, -0.25) is 4.79 Å². The first-order valence-corrected chi connectivity index (χ1v) is 13.8. The number of rotatable bonds is 6. The van der Waals surface area contributed by atoms with Crippen molar-refractivity contribution in [3.05, 3.63) is 76.7 Å². The Kier molecular flexibility index (Phi) is 5.70. The number of carbonyl (C=O) groups excluding carboxylic acids is 1. The van der Waals surface area contributed by atoms with Gasteiger partial charge in [-0.2, -0.15) is 5.10 Å². The topological polar surface area (TPSA) is 102 Å². The number of nitrogens with zero attached hydrogens (tertiary/aromatic N) is 3. The number of nitrogens with one attached hydrogen (secondary N) is 1. The van der Waals surface area contributed by atoms with Crippen LogP contribution in [0.25, 0.3) is 11.3 Å². The zero-order valence-corrected chi connectivity index (χ0v) is 21.0. The highest BCUT2D eigenvalue weighted by molar-refractivity contribution is 7.90. The highest BCUT2D eigenvalue weighted by atomic mass is 32.2. The highest BCUT2D eigenvalue weighted by Gasteiger charge is 2.65. The molecule has 1 aromatic carbocycles. The van der Waals surface area contributed by atoms with E-state index in [9.17, 15) is 22.0 Å². The summed E-state index contributed by atoms with van der Waals surface area (Å²) in [4.78, 5) is 17.4. The molecule has 2 aliphatic rings. The lowest BCUT2D eigenvalue weighted by molar-refractivity contribution is 0.0950. The molecular formula is C26H26F2N4O3S. The van der Waals surface area contributed by atoms with Crippen LogP contribution in [0.2, 0.25) is 0 Å². The maximum atomic E-state index is 14.5. The van der Waals surface area contributed by atoms with Crippen LogP contribution in [0.1, 0.15) is 60.0 Å². The van der Waals surface area contributed by atoms with E-state index in [2.05, 4.69) is 29.4 Å². The summed E-state index contributed by atoms with van der Waals surface area (Å²) in [6, 6.07) is 10.6. The Morgan fingerprint density at radius 3 is 2.50 bits per heavy atom. The zero-order valence-electron chi connectivity index (χ0n) is 20.2. The van der Waals surface area contributed by atoms with Gasteiger partial charge in [0.1, 0.15) is 27.2 Å². The van der Waals surface area contributed by atoms with Gasteiger partial charge in [-0.15, -0.1) is 5.10 Å². The number of pyridine rings is 1. The van der Waals surface area contributed by atoms with Crippen molar-refractivity contribution in [3.63, 3.8) is 0 Å². The van der Waals surface area contributed by atoms with E-state index < -0.39 is 32.8 Å². The molecule has 0 radical (unpaired) electrons. The van der Waals surface area contributed by atoms with E-state index in [1.165, 1.54) is 18.2 Å². The second kappa shape index (κ2) is 8.40. The summed E-state index contributed by atoms with van der Waals surface area (Å²) >= 11 is 0. The number of fused-ring (bicyclic) bond motifs is 5. The van der Waals surface area contributed by atoms with Gasteiger partial charge in [0, 0.05) is 12.8 Å². The number of sulfone groups is 1. The summed E-state index contributed by atoms with van der Waals surface area (Å²) in [5, 5.41) is 11.3. The molecule has 2 atom stereocenters. The van der Waals surface area contributed by atoms with E-state index >= 15 is 0 Å². The van der Waals surface area contributed by atoms with Gasteiger partial charge in [-0.1, -0.05) is 26.0 Å². The highest BCUT2D eigenvalue weighted by Crippen LogP contribution is 2.69. The van der Waals surface area contributed by atoms with Gasteiger partial charge in [-0.05, 0) is 60.1 Å². The molecule has 10 heteroatoms. The molecule has 1 fully saturated rings. The predicted molar refractivity (Wildman–Crippen MR) is 130 cm³/mol. The number of hydrogen-bond acceptors (Lipinski definition) is 6. The standard InChI is InChI=1S/C26H26F2N4O3S/c1-25(2)16-10-11-26(25,21-9-5-8-19(30-21)24(33)29-12-13-36(3,34)35)23-15(16)14-20(31-32-23)22-17(27)6-4-7-18(22)28/h4-9,14,16H,10-13H2,1-3H3,(H,29,33)/t16-,26+/m0/s1. The van der Waals surface area contributed by atoms with Crippen molar-refractivity contribution < 1.29 is 22.0 Å². The molecule has 1 N–H and O–H groups in total. The Bertz CT molecular complexity index is 1470. The van der Waals surface area contributed by atoms with Crippen molar-refractivity contribution in [1.82, 2.24) is 20.5 Å². The maximum Gasteiger partial charge on any atom is 0.269 e. The number of benzene rings is 1. The van der Waals surface area contributed by atoms with Crippen LogP contribution in [0.4, 0.5) is 8.78 Å². The van der Waals surface area contributed by atoms with E-state index in [0.29, 0.717) is 11.4 Å². The normalized spacial score (nSPS) is 21.9. The van der Waals surface area contributed by atoms with Gasteiger partial charge in [0.05, 0.1) is 33.8 Å². The molecule has 0 aliphatic heterocycles. The summed E-state index contributed by atoms with van der Waals surface area (Å²) in [5.41, 5.74) is 1.44. The summed E-state index contributed by atoms with van der Waals surface area (Å²) in [6.45, 7) is 4.23. The molecule has 2 heterocycles. The second-order valence-corrected chi connectivity index (χ2v) is 12.4. The molecular weight excluding hydrogens is 486 g/mol. The van der Waals surface area contributed by atoms with Crippen molar-refractivity contribution in [2.45, 2.75) is 38.0 Å². The lowest BCUT2D eigenvalue weighted by atomic mass is 9.66. The maximum absolute atomic E-state index is 14.5. The second-order valence-electron chi connectivity index (χ2n) is 10.1. The number of hydrogen-bond donors (Lipinski definition) is 1. The molecule has 0 spiro atoms. The minimum atomic E-state index is -3.21. The molecule has 2 aromatic heterocycles. The van der Waals surface area contributed by atoms with Crippen LogP contribution in [0.5, 0.6) is 0 Å². The number of halogens is 2. The monoisotopic (exact) mass is 512 g/mol. The van der Waals surface area contributed by atoms with Crippen LogP contribution in [0, 0.1) is 17.0 Å². The van der Waals surface area contributed by atoms with Gasteiger partial charge in [0.25, 0.3) is 5.91 Å². The van der Waals surface area contributed by atoms with Gasteiger partial charge in [0.2, 0.25) is 0 Å². The van der Waals surface area contributed by atoms with Crippen molar-refractivity contribution in [1.29, 1.82) is 0 Å². The fourth-order valence-electron chi connectivity index (χ4n) is 6.00. The van der Waals surface area contributed by atoms with Gasteiger partial charge >= 0.3 is 0 Å². The quantitative estimate of drug-likeness (QED) is 0.539. The van der Waals surface area contributed by atoms with Crippen LogP contribution < -0.4 is 5.32 Å². The lowest BCUT2D eigenvalue weighted by Gasteiger charge is -2.37. The number of carbonyl (C=O) groups is 1. The summed E-state index contributed by atoms with van der Waals surface area (Å²) in [5.74, 6) is -1.94. The Labute approximate surface area is 208 Å². The predicted octanol–water partition coefficient (Wildman–Crippen LogP) is 3.79. The third-order valence-electron chi connectivity index (χ3n) is 7.78. The van der Waals surface area contributed by atoms with Crippen molar-refractivity contribution in [2.24, 2.45) is 5.41 Å². The Balaban J connectivity index is 1.55. The molecule has 3 aromatic rings. The van der Waals surface area contributed by atoms with Gasteiger partial charge < -0.3 is 5.32 Å². The first kappa shape index (κ1) is 24.4. The molecule has 0 saturated heterocycles. The van der Waals surface area contributed by atoms with Crippen molar-refractivity contribution in [3.8, 4) is 11.3 Å². The van der Waals surface area contributed by atoms with Crippen LogP contribution in [-0.4, -0.2) is 48.1 Å². The first-order valence-electron chi connectivity index (χ1n) is 11.7. The molecule has 2 aliphatic carbocycles.